The molecule has 0 saturated heterocycles. The number of nitrogens with one attached hydrogen (secondary N) is 2. The number of amides is 1. The number of pyridine rings is 2. The molecule has 0 fully saturated rings. The van der Waals surface area contributed by atoms with Crippen LogP contribution in [0.25, 0.3) is 11.0 Å². The number of H-pyrrole nitrogens is 1. The maximum atomic E-state index is 11.1. The molecule has 0 bridgehead atoms. The molecule has 2 aromatic heterocycles. The Hall–Kier alpha value is -2.87. The molecule has 2 heterocycles. The number of carbonyl (C=O) groups excluding carboxylic acids is 1. The van der Waals surface area contributed by atoms with E-state index in [1.54, 1.807) is 24.5 Å². The van der Waals surface area contributed by atoms with Crippen molar-refractivity contribution in [2.75, 3.05) is 5.32 Å². The fourth-order valence-electron chi connectivity index (χ4n) is 2.08. The number of anilines is 1. The van der Waals surface area contributed by atoms with Gasteiger partial charge in [-0.1, -0.05) is 0 Å². The summed E-state index contributed by atoms with van der Waals surface area (Å²) in [6.45, 7) is 1.18. The third-order valence-electron chi connectivity index (χ3n) is 3.16. The molecule has 0 aliphatic rings. The number of aromatic hydroxyl groups is 1. The smallest absolute Gasteiger partial charge is 0.191 e. The Kier molecular flexibility index (Phi) is 5.99. The molecule has 0 radical (unpaired) electrons. The second-order valence-electron chi connectivity index (χ2n) is 5.14. The van der Waals surface area contributed by atoms with Crippen LogP contribution in [0.5, 0.6) is 5.75 Å². The van der Waals surface area contributed by atoms with Gasteiger partial charge in [-0.2, -0.15) is 0 Å². The Morgan fingerprint density at radius 3 is 2.54 bits per heavy atom. The Balaban J connectivity index is 0.000000195. The number of benzene rings is 1. The van der Waals surface area contributed by atoms with E-state index in [1.165, 1.54) is 31.2 Å². The van der Waals surface area contributed by atoms with Gasteiger partial charge in [0.05, 0.1) is 5.39 Å². The summed E-state index contributed by atoms with van der Waals surface area (Å²) in [7, 11) is 0. The van der Waals surface area contributed by atoms with Crippen molar-refractivity contribution in [2.24, 2.45) is 0 Å². The van der Waals surface area contributed by atoms with Crippen molar-refractivity contribution in [3.63, 3.8) is 0 Å². The van der Waals surface area contributed by atoms with Crippen molar-refractivity contribution in [1.29, 1.82) is 0 Å². The van der Waals surface area contributed by atoms with Crippen LogP contribution in [0.4, 0.5) is 5.69 Å². The molecule has 0 atom stereocenters. The third-order valence-corrected chi connectivity index (χ3v) is 5.26. The van der Waals surface area contributed by atoms with Crippen LogP contribution in [0.2, 0.25) is 0 Å². The molecule has 3 rings (SSSR count). The van der Waals surface area contributed by atoms with Gasteiger partial charge in [0.1, 0.15) is 5.65 Å². The van der Waals surface area contributed by atoms with Crippen LogP contribution < -0.4 is 15.1 Å². The Morgan fingerprint density at radius 1 is 1.19 bits per heavy atom. The number of phenolic OH excluding ortho intramolecular Hbond substituents is 1. The van der Waals surface area contributed by atoms with Crippen molar-refractivity contribution in [3.05, 3.63) is 59.0 Å². The van der Waals surface area contributed by atoms with Crippen LogP contribution in [0.3, 0.4) is 0 Å². The number of aromatic nitrogens is 2. The van der Waals surface area contributed by atoms with Crippen LogP contribution in [-0.4, -0.2) is 43.3 Å². The van der Waals surface area contributed by atoms with E-state index in [9.17, 15) is 18.4 Å². The summed E-state index contributed by atoms with van der Waals surface area (Å²) in [6, 6.07) is 8.70. The molecule has 3 aromatic rings. The standard InChI is InChI=1S/C8H10AsNO5.C8H6N2O/c1-5(11)10-8-6(9(13,14)15)3-2-4-7(8)12;11-7-3-5-10-8-6(7)2-1-4-9-8/h2-4,12H,1H3,(H,10,11)(H2,13,14,15);1-5H,(H,9,10,11). The van der Waals surface area contributed by atoms with E-state index in [0.29, 0.717) is 11.0 Å². The first-order valence-electron chi connectivity index (χ1n) is 7.28. The van der Waals surface area contributed by atoms with Crippen molar-refractivity contribution in [2.45, 2.75) is 6.92 Å². The monoisotopic (exact) mass is 421 g/mol. The number of carbonyl (C=O) groups is 1. The van der Waals surface area contributed by atoms with Gasteiger partial charge in [0.15, 0.2) is 5.43 Å². The quantitative estimate of drug-likeness (QED) is 0.285. The second kappa shape index (κ2) is 8.01. The topological polar surface area (TPSA) is 153 Å². The molecular weight excluding hydrogens is 405 g/mol. The van der Waals surface area contributed by atoms with Gasteiger partial charge in [-0.25, -0.2) is 4.98 Å². The molecule has 1 aromatic carbocycles. The van der Waals surface area contributed by atoms with Crippen molar-refractivity contribution in [1.82, 2.24) is 9.97 Å². The molecular formula is C16H16AsN3O6. The van der Waals surface area contributed by atoms with Crippen LogP contribution in [-0.2, 0) is 8.53 Å². The summed E-state index contributed by atoms with van der Waals surface area (Å²) in [5.74, 6) is -0.880. The van der Waals surface area contributed by atoms with Crippen LogP contribution in [0.1, 0.15) is 6.92 Å². The fourth-order valence-corrected chi connectivity index (χ4v) is 3.64. The Labute approximate surface area is 150 Å². The maximum absolute atomic E-state index is 11.1. The summed E-state index contributed by atoms with van der Waals surface area (Å²) in [6.07, 6.45) is 3.25. The Morgan fingerprint density at radius 2 is 1.92 bits per heavy atom. The molecule has 0 unspecified atom stereocenters. The van der Waals surface area contributed by atoms with Crippen LogP contribution >= 0.6 is 0 Å². The summed E-state index contributed by atoms with van der Waals surface area (Å²) >= 11 is -5.14. The predicted octanol–water partition coefficient (Wildman–Crippen LogP) is -0.165. The van der Waals surface area contributed by atoms with E-state index in [2.05, 4.69) is 15.3 Å². The number of rotatable bonds is 2. The van der Waals surface area contributed by atoms with Crippen molar-refractivity contribution >= 4 is 41.2 Å². The van der Waals surface area contributed by atoms with Gasteiger partial charge in [0.25, 0.3) is 0 Å². The molecule has 0 spiro atoms. The number of phenols is 1. The van der Waals surface area contributed by atoms with Gasteiger partial charge < -0.3 is 4.98 Å². The number of aromatic amines is 1. The van der Waals surface area contributed by atoms with Gasteiger partial charge in [0.2, 0.25) is 0 Å². The molecule has 0 aliphatic heterocycles. The molecule has 10 heteroatoms. The minimum Gasteiger partial charge on any atom is -0.346 e. The summed E-state index contributed by atoms with van der Waals surface area (Å²) in [4.78, 5) is 28.8. The normalized spacial score (nSPS) is 10.7. The van der Waals surface area contributed by atoms with E-state index in [4.69, 9.17) is 8.19 Å². The average Bonchev–Trinajstić information content (AvgIpc) is 2.56. The zero-order valence-electron chi connectivity index (χ0n) is 13.6. The molecule has 0 saturated carbocycles. The fraction of sp³-hybridized carbons (Fsp3) is 0.0625. The molecule has 1 amide bonds. The number of para-hydroxylation sites is 1. The van der Waals surface area contributed by atoms with Gasteiger partial charge >= 0.3 is 88.1 Å². The largest absolute Gasteiger partial charge is 0.346 e. The number of hydrogen-bond donors (Lipinski definition) is 5. The first kappa shape index (κ1) is 19.5. The van der Waals surface area contributed by atoms with E-state index < -0.39 is 20.1 Å². The summed E-state index contributed by atoms with van der Waals surface area (Å²) in [5, 5.41) is 12.2. The predicted molar refractivity (Wildman–Crippen MR) is 95.3 cm³/mol. The van der Waals surface area contributed by atoms with Crippen molar-refractivity contribution in [3.8, 4) is 5.75 Å². The summed E-state index contributed by atoms with van der Waals surface area (Å²) in [5.41, 5.74) is 0.421. The SMILES string of the molecule is CC(=O)Nc1c(O)cccc1[As](=O)(O)O.O=c1cc[nH]c2ncccc12. The van der Waals surface area contributed by atoms with Crippen LogP contribution in [0.15, 0.2) is 53.6 Å². The number of nitrogens with zero attached hydrogens (tertiary/aromatic N) is 1. The second-order valence-corrected chi connectivity index (χ2v) is 8.43. The van der Waals surface area contributed by atoms with Gasteiger partial charge in [-0.3, -0.25) is 4.79 Å². The molecule has 26 heavy (non-hydrogen) atoms. The molecule has 136 valence electrons. The average molecular weight is 421 g/mol. The number of fused-ring (bicyclic) bond motifs is 1. The maximum Gasteiger partial charge on any atom is 0.191 e. The zero-order chi connectivity index (χ0) is 19.3. The summed E-state index contributed by atoms with van der Waals surface area (Å²) < 4.78 is 28.8. The molecule has 9 nitrogen and oxygen atoms in total. The molecule has 5 N–H and O–H groups in total. The van der Waals surface area contributed by atoms with Gasteiger partial charge in [-0.15, -0.1) is 0 Å². The Bertz CT molecular complexity index is 1040. The number of hydrogen-bond acceptors (Lipinski definition) is 5. The first-order chi connectivity index (χ1) is 12.2. The van der Waals surface area contributed by atoms with E-state index in [0.717, 1.165) is 0 Å². The van der Waals surface area contributed by atoms with E-state index >= 15 is 0 Å². The third kappa shape index (κ3) is 4.82. The van der Waals surface area contributed by atoms with Gasteiger partial charge in [-0.05, 0) is 12.1 Å². The molecule has 0 aliphatic carbocycles. The van der Waals surface area contributed by atoms with E-state index in [1.807, 2.05) is 0 Å². The van der Waals surface area contributed by atoms with Crippen LogP contribution in [0, 0.1) is 0 Å². The minimum absolute atomic E-state index is 0.00634. The zero-order valence-corrected chi connectivity index (χ0v) is 15.5. The van der Waals surface area contributed by atoms with Crippen molar-refractivity contribution < 1.29 is 21.8 Å². The minimum atomic E-state index is -5.14. The van der Waals surface area contributed by atoms with Gasteiger partial charge in [0, 0.05) is 18.5 Å². The first-order valence-corrected chi connectivity index (χ1v) is 10.7. The van der Waals surface area contributed by atoms with E-state index in [-0.39, 0.29) is 21.2 Å².